The lowest BCUT2D eigenvalue weighted by Crippen LogP contribution is -2.11. The van der Waals surface area contributed by atoms with Crippen molar-refractivity contribution in [3.05, 3.63) is 30.4 Å². The van der Waals surface area contributed by atoms with Gasteiger partial charge in [-0.2, -0.15) is 5.10 Å². The van der Waals surface area contributed by atoms with Crippen molar-refractivity contribution < 1.29 is 0 Å². The Balaban J connectivity index is 2.17. The highest BCUT2D eigenvalue weighted by Gasteiger charge is 2.07. The van der Waals surface area contributed by atoms with E-state index in [4.69, 9.17) is 11.6 Å². The normalized spacial score (nSPS) is 10.9. The van der Waals surface area contributed by atoms with Crippen LogP contribution in [0, 0.1) is 0 Å². The molecule has 0 amide bonds. The summed E-state index contributed by atoms with van der Waals surface area (Å²) in [5, 5.41) is 4.18. The number of imidazole rings is 1. The molecule has 6 heteroatoms. The highest BCUT2D eigenvalue weighted by molar-refractivity contribution is 6.16. The van der Waals surface area contributed by atoms with Crippen LogP contribution in [-0.2, 0) is 19.0 Å². The van der Waals surface area contributed by atoms with Crippen molar-refractivity contribution in [1.82, 2.24) is 24.3 Å². The largest absolute Gasteiger partial charge is 0.326 e. The molecule has 0 spiro atoms. The minimum atomic E-state index is 0.412. The zero-order valence-corrected chi connectivity index (χ0v) is 9.93. The fraction of sp³-hybridized carbons (Fsp3) is 0.500. The number of rotatable bonds is 5. The first kappa shape index (κ1) is 11.1. The SMILES string of the molecule is CCCn1ncnc1Cn1ccnc1CCl. The van der Waals surface area contributed by atoms with Crippen molar-refractivity contribution in [2.45, 2.75) is 32.3 Å². The standard InChI is InChI=1S/C10H14ClN5/c1-2-4-16-10(13-8-14-16)7-15-5-3-12-9(15)6-11/h3,5,8H,2,4,6-7H2,1H3. The van der Waals surface area contributed by atoms with Crippen LogP contribution in [0.15, 0.2) is 18.7 Å². The molecule has 2 rings (SSSR count). The van der Waals surface area contributed by atoms with E-state index >= 15 is 0 Å². The molecule has 2 heterocycles. The quantitative estimate of drug-likeness (QED) is 0.746. The van der Waals surface area contributed by atoms with Gasteiger partial charge < -0.3 is 4.57 Å². The van der Waals surface area contributed by atoms with Gasteiger partial charge in [-0.1, -0.05) is 6.92 Å². The van der Waals surface area contributed by atoms with Gasteiger partial charge in [0.25, 0.3) is 0 Å². The molecule has 2 aromatic rings. The molecule has 0 radical (unpaired) electrons. The van der Waals surface area contributed by atoms with Crippen molar-refractivity contribution >= 4 is 11.6 Å². The van der Waals surface area contributed by atoms with Crippen LogP contribution >= 0.6 is 11.6 Å². The van der Waals surface area contributed by atoms with E-state index in [1.807, 2.05) is 15.4 Å². The van der Waals surface area contributed by atoms with Crippen LogP contribution in [0.1, 0.15) is 25.0 Å². The predicted octanol–water partition coefficient (Wildman–Crippen LogP) is 1.67. The molecule has 0 fully saturated rings. The first-order valence-corrected chi connectivity index (χ1v) is 5.81. The van der Waals surface area contributed by atoms with Gasteiger partial charge in [0.15, 0.2) is 0 Å². The maximum Gasteiger partial charge on any atom is 0.146 e. The number of aryl methyl sites for hydroxylation is 1. The third-order valence-corrected chi connectivity index (χ3v) is 2.60. The van der Waals surface area contributed by atoms with Crippen molar-refractivity contribution in [2.24, 2.45) is 0 Å². The first-order valence-electron chi connectivity index (χ1n) is 5.27. The number of halogens is 1. The Bertz CT molecular complexity index is 448. The first-order chi connectivity index (χ1) is 7.85. The Morgan fingerprint density at radius 3 is 2.94 bits per heavy atom. The predicted molar refractivity (Wildman–Crippen MR) is 61.2 cm³/mol. The lowest BCUT2D eigenvalue weighted by Gasteiger charge is -2.07. The zero-order chi connectivity index (χ0) is 11.4. The second-order valence-electron chi connectivity index (χ2n) is 3.50. The number of nitrogens with zero attached hydrogens (tertiary/aromatic N) is 5. The minimum absolute atomic E-state index is 0.412. The van der Waals surface area contributed by atoms with Crippen molar-refractivity contribution in [2.75, 3.05) is 0 Å². The van der Waals surface area contributed by atoms with Gasteiger partial charge in [0, 0.05) is 18.9 Å². The highest BCUT2D eigenvalue weighted by atomic mass is 35.5. The number of alkyl halides is 1. The van der Waals surface area contributed by atoms with Gasteiger partial charge in [0.2, 0.25) is 0 Å². The Labute approximate surface area is 99.1 Å². The van der Waals surface area contributed by atoms with Crippen molar-refractivity contribution in [3.8, 4) is 0 Å². The van der Waals surface area contributed by atoms with Crippen LogP contribution in [0.5, 0.6) is 0 Å². The van der Waals surface area contributed by atoms with E-state index in [0.29, 0.717) is 12.4 Å². The molecule has 0 bridgehead atoms. The number of hydrogen-bond donors (Lipinski definition) is 0. The summed E-state index contributed by atoms with van der Waals surface area (Å²) in [6, 6.07) is 0. The highest BCUT2D eigenvalue weighted by Crippen LogP contribution is 2.05. The molecule has 16 heavy (non-hydrogen) atoms. The monoisotopic (exact) mass is 239 g/mol. The van der Waals surface area contributed by atoms with Crippen LogP contribution in [0.2, 0.25) is 0 Å². The van der Waals surface area contributed by atoms with E-state index in [2.05, 4.69) is 22.0 Å². The molecule has 0 aromatic carbocycles. The summed E-state index contributed by atoms with van der Waals surface area (Å²) < 4.78 is 3.90. The van der Waals surface area contributed by atoms with Gasteiger partial charge in [-0.05, 0) is 6.42 Å². The summed E-state index contributed by atoms with van der Waals surface area (Å²) in [7, 11) is 0. The molecular formula is C10H14ClN5. The van der Waals surface area contributed by atoms with Crippen molar-refractivity contribution in [3.63, 3.8) is 0 Å². The van der Waals surface area contributed by atoms with E-state index in [9.17, 15) is 0 Å². The van der Waals surface area contributed by atoms with Crippen LogP contribution in [0.4, 0.5) is 0 Å². The van der Waals surface area contributed by atoms with Crippen LogP contribution in [0.3, 0.4) is 0 Å². The molecule has 86 valence electrons. The summed E-state index contributed by atoms with van der Waals surface area (Å²) >= 11 is 5.79. The Morgan fingerprint density at radius 1 is 1.31 bits per heavy atom. The minimum Gasteiger partial charge on any atom is -0.326 e. The Kier molecular flexibility index (Phi) is 3.56. The number of hydrogen-bond acceptors (Lipinski definition) is 3. The maximum absolute atomic E-state index is 5.79. The summed E-state index contributed by atoms with van der Waals surface area (Å²) in [6.07, 6.45) is 6.28. The molecule has 0 unspecified atom stereocenters. The van der Waals surface area contributed by atoms with Gasteiger partial charge in [-0.25, -0.2) is 14.6 Å². The number of aromatic nitrogens is 5. The average molecular weight is 240 g/mol. The van der Waals surface area contributed by atoms with Crippen LogP contribution in [0.25, 0.3) is 0 Å². The lowest BCUT2D eigenvalue weighted by atomic mass is 10.4. The molecule has 0 N–H and O–H groups in total. The third-order valence-electron chi connectivity index (χ3n) is 2.36. The molecule has 0 saturated heterocycles. The summed E-state index contributed by atoms with van der Waals surface area (Å²) in [6.45, 7) is 3.68. The molecule has 0 aliphatic rings. The fourth-order valence-corrected chi connectivity index (χ4v) is 1.80. The van der Waals surface area contributed by atoms with Gasteiger partial charge >= 0.3 is 0 Å². The van der Waals surface area contributed by atoms with Crippen LogP contribution < -0.4 is 0 Å². The van der Waals surface area contributed by atoms with Crippen LogP contribution in [-0.4, -0.2) is 24.3 Å². The van der Waals surface area contributed by atoms with Gasteiger partial charge in [0.05, 0.1) is 12.4 Å². The fourth-order valence-electron chi connectivity index (χ4n) is 1.58. The topological polar surface area (TPSA) is 48.5 Å². The molecule has 0 atom stereocenters. The second-order valence-corrected chi connectivity index (χ2v) is 3.77. The molecular weight excluding hydrogens is 226 g/mol. The van der Waals surface area contributed by atoms with E-state index in [-0.39, 0.29) is 0 Å². The second kappa shape index (κ2) is 5.12. The van der Waals surface area contributed by atoms with E-state index in [0.717, 1.165) is 24.6 Å². The molecule has 0 aliphatic heterocycles. The zero-order valence-electron chi connectivity index (χ0n) is 9.17. The van der Waals surface area contributed by atoms with Crippen molar-refractivity contribution in [1.29, 1.82) is 0 Å². The molecule has 2 aromatic heterocycles. The smallest absolute Gasteiger partial charge is 0.146 e. The van der Waals surface area contributed by atoms with E-state index in [1.165, 1.54) is 0 Å². The Morgan fingerprint density at radius 2 is 2.19 bits per heavy atom. The van der Waals surface area contributed by atoms with Gasteiger partial charge in [0.1, 0.15) is 18.0 Å². The maximum atomic E-state index is 5.79. The summed E-state index contributed by atoms with van der Waals surface area (Å²) in [4.78, 5) is 8.41. The van der Waals surface area contributed by atoms with E-state index < -0.39 is 0 Å². The average Bonchev–Trinajstić information content (AvgIpc) is 2.89. The molecule has 0 saturated carbocycles. The molecule has 0 aliphatic carbocycles. The summed E-state index contributed by atoms with van der Waals surface area (Å²) in [5.41, 5.74) is 0. The van der Waals surface area contributed by atoms with E-state index in [1.54, 1.807) is 12.5 Å². The molecule has 5 nitrogen and oxygen atoms in total. The Hall–Kier alpha value is -1.36. The van der Waals surface area contributed by atoms with Gasteiger partial charge in [-0.15, -0.1) is 11.6 Å². The lowest BCUT2D eigenvalue weighted by molar-refractivity contribution is 0.551. The summed E-state index contributed by atoms with van der Waals surface area (Å²) in [5.74, 6) is 2.20. The van der Waals surface area contributed by atoms with Gasteiger partial charge in [-0.3, -0.25) is 0 Å². The third kappa shape index (κ3) is 2.24.